The predicted octanol–water partition coefficient (Wildman–Crippen LogP) is 3.99. The molecule has 0 bridgehead atoms. The first-order chi connectivity index (χ1) is 7.10. The molecule has 0 atom stereocenters. The third-order valence-corrected chi connectivity index (χ3v) is 3.02. The van der Waals surface area contributed by atoms with Crippen LogP contribution in [0.2, 0.25) is 0 Å². The molecule has 0 saturated carbocycles. The molecule has 0 heterocycles. The normalized spacial score (nSPS) is 11.5. The predicted molar refractivity (Wildman–Crippen MR) is 66.0 cm³/mol. The van der Waals surface area contributed by atoms with Crippen molar-refractivity contribution in [3.8, 4) is 5.75 Å². The number of ether oxygens (including phenoxy) is 1. The molecule has 0 saturated heterocycles. The minimum atomic E-state index is 0.241. The molecule has 0 radical (unpaired) electrons. The molecule has 84 valence electrons. The van der Waals surface area contributed by atoms with Crippen molar-refractivity contribution in [3.63, 3.8) is 0 Å². The van der Waals surface area contributed by atoms with Gasteiger partial charge in [-0.3, -0.25) is 0 Å². The maximum Gasteiger partial charge on any atom is 0.119 e. The third-order valence-electron chi connectivity index (χ3n) is 2.87. The van der Waals surface area contributed by atoms with Gasteiger partial charge in [-0.1, -0.05) is 32.9 Å². The maximum atomic E-state index is 5.55. The fourth-order valence-electron chi connectivity index (χ4n) is 1.36. The van der Waals surface area contributed by atoms with Crippen molar-refractivity contribution >= 4 is 11.6 Å². The Morgan fingerprint density at radius 3 is 2.27 bits per heavy atom. The summed E-state index contributed by atoms with van der Waals surface area (Å²) < 4.78 is 5.42. The molecule has 0 N–H and O–H groups in total. The largest absolute Gasteiger partial charge is 0.492 e. The Morgan fingerprint density at radius 1 is 1.20 bits per heavy atom. The first-order valence-corrected chi connectivity index (χ1v) is 5.93. The quantitative estimate of drug-likeness (QED) is 0.690. The highest BCUT2D eigenvalue weighted by Crippen LogP contribution is 2.27. The standard InChI is InChI=1S/C13H19ClO/c1-4-13(2,3)11-5-7-12(8-6-11)15-10-9-14/h5-8H,4,9-10H2,1-3H3. The summed E-state index contributed by atoms with van der Waals surface area (Å²) in [7, 11) is 0. The lowest BCUT2D eigenvalue weighted by molar-refractivity contribution is 0.342. The summed E-state index contributed by atoms with van der Waals surface area (Å²) in [4.78, 5) is 0. The van der Waals surface area contributed by atoms with Crippen molar-refractivity contribution in [2.45, 2.75) is 32.6 Å². The Labute approximate surface area is 97.4 Å². The summed E-state index contributed by atoms with van der Waals surface area (Å²) in [6.07, 6.45) is 1.13. The van der Waals surface area contributed by atoms with Gasteiger partial charge in [0.25, 0.3) is 0 Å². The molecule has 1 nitrogen and oxygen atoms in total. The molecule has 0 fully saturated rings. The van der Waals surface area contributed by atoms with Gasteiger partial charge in [0.1, 0.15) is 12.4 Å². The molecular formula is C13H19ClO. The second kappa shape index (κ2) is 5.41. The van der Waals surface area contributed by atoms with Crippen LogP contribution < -0.4 is 4.74 Å². The Morgan fingerprint density at radius 2 is 1.80 bits per heavy atom. The molecule has 15 heavy (non-hydrogen) atoms. The topological polar surface area (TPSA) is 9.23 Å². The van der Waals surface area contributed by atoms with Crippen LogP contribution in [0.1, 0.15) is 32.8 Å². The van der Waals surface area contributed by atoms with Crippen molar-refractivity contribution in [3.05, 3.63) is 29.8 Å². The van der Waals surface area contributed by atoms with E-state index in [-0.39, 0.29) is 5.41 Å². The highest BCUT2D eigenvalue weighted by molar-refractivity contribution is 6.17. The fourth-order valence-corrected chi connectivity index (χ4v) is 1.44. The molecule has 0 unspecified atom stereocenters. The summed E-state index contributed by atoms with van der Waals surface area (Å²) in [6.45, 7) is 7.28. The number of alkyl halides is 1. The number of benzene rings is 1. The molecule has 2 heteroatoms. The van der Waals surface area contributed by atoms with Crippen LogP contribution in [-0.4, -0.2) is 12.5 Å². The van der Waals surface area contributed by atoms with E-state index in [0.717, 1.165) is 12.2 Å². The maximum absolute atomic E-state index is 5.55. The van der Waals surface area contributed by atoms with E-state index in [2.05, 4.69) is 32.9 Å². The van der Waals surface area contributed by atoms with Gasteiger partial charge in [-0.15, -0.1) is 11.6 Å². The molecule has 0 spiro atoms. The molecule has 0 aliphatic carbocycles. The molecular weight excluding hydrogens is 208 g/mol. The van der Waals surface area contributed by atoms with Gasteiger partial charge in [-0.2, -0.15) is 0 Å². The number of hydrogen-bond acceptors (Lipinski definition) is 1. The van der Waals surface area contributed by atoms with Crippen molar-refractivity contribution in [1.82, 2.24) is 0 Å². The summed E-state index contributed by atoms with van der Waals surface area (Å²) in [5.41, 5.74) is 1.59. The summed E-state index contributed by atoms with van der Waals surface area (Å²) in [6, 6.07) is 8.29. The molecule has 0 aromatic heterocycles. The van der Waals surface area contributed by atoms with Crippen molar-refractivity contribution in [1.29, 1.82) is 0 Å². The lowest BCUT2D eigenvalue weighted by Gasteiger charge is -2.23. The van der Waals surface area contributed by atoms with Gasteiger partial charge in [-0.05, 0) is 29.5 Å². The van der Waals surface area contributed by atoms with Gasteiger partial charge in [0, 0.05) is 0 Å². The van der Waals surface area contributed by atoms with E-state index in [9.17, 15) is 0 Å². The van der Waals surface area contributed by atoms with Gasteiger partial charge >= 0.3 is 0 Å². The van der Waals surface area contributed by atoms with Crippen LogP contribution in [0, 0.1) is 0 Å². The minimum absolute atomic E-state index is 0.241. The molecule has 1 aromatic carbocycles. The zero-order valence-electron chi connectivity index (χ0n) is 9.72. The Hall–Kier alpha value is -0.690. The van der Waals surface area contributed by atoms with Crippen LogP contribution in [0.4, 0.5) is 0 Å². The first-order valence-electron chi connectivity index (χ1n) is 5.39. The van der Waals surface area contributed by atoms with Crippen LogP contribution in [0.25, 0.3) is 0 Å². The SMILES string of the molecule is CCC(C)(C)c1ccc(OCCCl)cc1. The monoisotopic (exact) mass is 226 g/mol. The number of halogens is 1. The van der Waals surface area contributed by atoms with Crippen LogP contribution >= 0.6 is 11.6 Å². The number of hydrogen-bond donors (Lipinski definition) is 0. The zero-order chi connectivity index (χ0) is 11.3. The van der Waals surface area contributed by atoms with Crippen molar-refractivity contribution in [2.24, 2.45) is 0 Å². The van der Waals surface area contributed by atoms with Crippen molar-refractivity contribution < 1.29 is 4.74 Å². The van der Waals surface area contributed by atoms with E-state index in [4.69, 9.17) is 16.3 Å². The third kappa shape index (κ3) is 3.42. The van der Waals surface area contributed by atoms with Crippen LogP contribution in [0.15, 0.2) is 24.3 Å². The zero-order valence-corrected chi connectivity index (χ0v) is 10.5. The van der Waals surface area contributed by atoms with E-state index in [1.807, 2.05) is 12.1 Å². The average Bonchev–Trinajstić information content (AvgIpc) is 2.27. The van der Waals surface area contributed by atoms with Crippen LogP contribution in [0.3, 0.4) is 0 Å². The molecule has 0 amide bonds. The first kappa shape index (κ1) is 12.4. The molecule has 0 aliphatic rings. The second-order valence-electron chi connectivity index (χ2n) is 4.30. The van der Waals surface area contributed by atoms with Gasteiger partial charge in [0.05, 0.1) is 5.88 Å². The number of rotatable bonds is 5. The second-order valence-corrected chi connectivity index (χ2v) is 4.68. The Kier molecular flexibility index (Phi) is 4.46. The van der Waals surface area contributed by atoms with Gasteiger partial charge in [0.15, 0.2) is 0 Å². The molecule has 1 rings (SSSR count). The van der Waals surface area contributed by atoms with E-state index < -0.39 is 0 Å². The Balaban J connectivity index is 2.72. The van der Waals surface area contributed by atoms with Crippen LogP contribution in [-0.2, 0) is 5.41 Å². The lowest BCUT2D eigenvalue weighted by atomic mass is 9.82. The van der Waals surface area contributed by atoms with Crippen LogP contribution in [0.5, 0.6) is 5.75 Å². The van der Waals surface area contributed by atoms with Crippen molar-refractivity contribution in [2.75, 3.05) is 12.5 Å². The van der Waals surface area contributed by atoms with E-state index in [0.29, 0.717) is 12.5 Å². The van der Waals surface area contributed by atoms with Gasteiger partial charge in [0.2, 0.25) is 0 Å². The smallest absolute Gasteiger partial charge is 0.119 e. The summed E-state index contributed by atoms with van der Waals surface area (Å²) in [5, 5.41) is 0. The summed E-state index contributed by atoms with van der Waals surface area (Å²) in [5.74, 6) is 1.42. The molecule has 0 aliphatic heterocycles. The van der Waals surface area contributed by atoms with E-state index in [1.165, 1.54) is 5.56 Å². The minimum Gasteiger partial charge on any atom is -0.492 e. The fraction of sp³-hybridized carbons (Fsp3) is 0.538. The molecule has 1 aromatic rings. The summed E-state index contributed by atoms with van der Waals surface area (Å²) >= 11 is 5.55. The van der Waals surface area contributed by atoms with Gasteiger partial charge < -0.3 is 4.74 Å². The lowest BCUT2D eigenvalue weighted by Crippen LogP contribution is -2.15. The van der Waals surface area contributed by atoms with Gasteiger partial charge in [-0.25, -0.2) is 0 Å². The Bertz CT molecular complexity index is 290. The highest BCUT2D eigenvalue weighted by atomic mass is 35.5. The van der Waals surface area contributed by atoms with E-state index in [1.54, 1.807) is 0 Å². The highest BCUT2D eigenvalue weighted by Gasteiger charge is 2.17. The average molecular weight is 227 g/mol. The van der Waals surface area contributed by atoms with E-state index >= 15 is 0 Å².